The van der Waals surface area contributed by atoms with Crippen LogP contribution in [0.4, 0.5) is 4.39 Å². The Morgan fingerprint density at radius 3 is 2.72 bits per heavy atom. The number of hydrogen-bond acceptors (Lipinski definition) is 2. The summed E-state index contributed by atoms with van der Waals surface area (Å²) in [6.45, 7) is 0.610. The molecule has 0 radical (unpaired) electrons. The maximum absolute atomic E-state index is 13.4. The lowest BCUT2D eigenvalue weighted by Crippen LogP contribution is -2.30. The Hall–Kier alpha value is -1.58. The molecule has 0 aromatic heterocycles. The van der Waals surface area contributed by atoms with Crippen LogP contribution in [-0.4, -0.2) is 17.6 Å². The first-order valence-corrected chi connectivity index (χ1v) is 6.43. The molecule has 1 amide bonds. The minimum absolute atomic E-state index is 0.0105. The van der Waals surface area contributed by atoms with Crippen LogP contribution in [0.1, 0.15) is 42.5 Å². The van der Waals surface area contributed by atoms with E-state index in [9.17, 15) is 9.18 Å². The fraction of sp³-hybridized carbons (Fsp3) is 0.500. The Morgan fingerprint density at radius 2 is 2.06 bits per heavy atom. The average molecular weight is 251 g/mol. The zero-order valence-electron chi connectivity index (χ0n) is 10.3. The molecular weight excluding hydrogens is 233 g/mol. The van der Waals surface area contributed by atoms with Gasteiger partial charge in [-0.15, -0.1) is 0 Å². The SMILES string of the molecule is O=C(NCC1CCCCC1)c1ccc(O)cc1F. The molecule has 1 fully saturated rings. The first-order valence-electron chi connectivity index (χ1n) is 6.43. The van der Waals surface area contributed by atoms with Crippen molar-refractivity contribution in [3.63, 3.8) is 0 Å². The standard InChI is InChI=1S/C14H18FNO2/c15-13-8-11(17)6-7-12(13)14(18)16-9-10-4-2-1-3-5-10/h6-8,10,17H,1-5,9H2,(H,16,18). The molecule has 3 nitrogen and oxygen atoms in total. The topological polar surface area (TPSA) is 49.3 Å². The van der Waals surface area contributed by atoms with Gasteiger partial charge in [0.15, 0.2) is 0 Å². The molecule has 2 N–H and O–H groups in total. The number of nitrogens with one attached hydrogen (secondary N) is 1. The number of aromatic hydroxyl groups is 1. The van der Waals surface area contributed by atoms with Gasteiger partial charge in [-0.25, -0.2) is 4.39 Å². The van der Waals surface area contributed by atoms with Gasteiger partial charge in [-0.2, -0.15) is 0 Å². The van der Waals surface area contributed by atoms with Crippen LogP contribution < -0.4 is 5.32 Å². The Balaban J connectivity index is 1.90. The predicted molar refractivity (Wildman–Crippen MR) is 67.0 cm³/mol. The summed E-state index contributed by atoms with van der Waals surface area (Å²) < 4.78 is 13.4. The molecule has 18 heavy (non-hydrogen) atoms. The summed E-state index contributed by atoms with van der Waals surface area (Å²) in [5.74, 6) is -0.742. The van der Waals surface area contributed by atoms with Crippen molar-refractivity contribution in [1.82, 2.24) is 5.32 Å². The number of carbonyl (C=O) groups excluding carboxylic acids is 1. The largest absolute Gasteiger partial charge is 0.508 e. The second-order valence-electron chi connectivity index (χ2n) is 4.88. The van der Waals surface area contributed by atoms with Gasteiger partial charge in [0.25, 0.3) is 5.91 Å². The van der Waals surface area contributed by atoms with Crippen molar-refractivity contribution in [2.24, 2.45) is 5.92 Å². The van der Waals surface area contributed by atoms with Gasteiger partial charge < -0.3 is 10.4 Å². The second kappa shape index (κ2) is 5.85. The van der Waals surface area contributed by atoms with Crippen molar-refractivity contribution >= 4 is 5.91 Å². The van der Waals surface area contributed by atoms with Crippen molar-refractivity contribution in [2.75, 3.05) is 6.54 Å². The molecule has 1 aliphatic rings. The Morgan fingerprint density at radius 1 is 1.33 bits per heavy atom. The van der Waals surface area contributed by atoms with Crippen molar-refractivity contribution in [3.8, 4) is 5.75 Å². The highest BCUT2D eigenvalue weighted by atomic mass is 19.1. The zero-order chi connectivity index (χ0) is 13.0. The van der Waals surface area contributed by atoms with Crippen LogP contribution in [0.2, 0.25) is 0 Å². The third kappa shape index (κ3) is 3.22. The number of amides is 1. The van der Waals surface area contributed by atoms with Gasteiger partial charge in [0.1, 0.15) is 11.6 Å². The molecule has 0 bridgehead atoms. The molecular formula is C14H18FNO2. The minimum Gasteiger partial charge on any atom is -0.508 e. The van der Waals surface area contributed by atoms with E-state index in [2.05, 4.69) is 5.32 Å². The van der Waals surface area contributed by atoms with Gasteiger partial charge in [0.2, 0.25) is 0 Å². The highest BCUT2D eigenvalue weighted by Gasteiger charge is 2.16. The molecule has 0 heterocycles. The number of phenols is 1. The van der Waals surface area contributed by atoms with Gasteiger partial charge in [0, 0.05) is 12.6 Å². The van der Waals surface area contributed by atoms with Crippen LogP contribution in [0, 0.1) is 11.7 Å². The third-order valence-electron chi connectivity index (χ3n) is 3.47. The number of benzene rings is 1. The van der Waals surface area contributed by atoms with Gasteiger partial charge in [-0.3, -0.25) is 4.79 Å². The molecule has 0 saturated heterocycles. The maximum Gasteiger partial charge on any atom is 0.254 e. The van der Waals surface area contributed by atoms with Gasteiger partial charge in [-0.1, -0.05) is 19.3 Å². The summed E-state index contributed by atoms with van der Waals surface area (Å²) in [7, 11) is 0. The first kappa shape index (κ1) is 12.9. The lowest BCUT2D eigenvalue weighted by atomic mass is 9.89. The van der Waals surface area contributed by atoms with Crippen molar-refractivity contribution in [3.05, 3.63) is 29.6 Å². The van der Waals surface area contributed by atoms with Crippen molar-refractivity contribution < 1.29 is 14.3 Å². The number of phenolic OH excluding ortho intramolecular Hbond substituents is 1. The Bertz CT molecular complexity index is 428. The fourth-order valence-electron chi connectivity index (χ4n) is 2.41. The zero-order valence-corrected chi connectivity index (χ0v) is 10.3. The summed E-state index contributed by atoms with van der Waals surface area (Å²) in [5, 5.41) is 11.8. The molecule has 1 aromatic rings. The summed E-state index contributed by atoms with van der Waals surface area (Å²) in [5.41, 5.74) is -0.0105. The molecule has 2 rings (SSSR count). The summed E-state index contributed by atoms with van der Waals surface area (Å²) in [4.78, 5) is 11.8. The normalized spacial score (nSPS) is 16.5. The smallest absolute Gasteiger partial charge is 0.254 e. The van der Waals surface area contributed by atoms with Gasteiger partial charge >= 0.3 is 0 Å². The number of hydrogen-bond donors (Lipinski definition) is 2. The van der Waals surface area contributed by atoms with Crippen LogP contribution in [-0.2, 0) is 0 Å². The molecule has 0 unspecified atom stereocenters. The van der Waals surface area contributed by atoms with Crippen LogP contribution in [0.5, 0.6) is 5.75 Å². The average Bonchev–Trinajstić information content (AvgIpc) is 2.37. The van der Waals surface area contributed by atoms with Crippen LogP contribution in [0.3, 0.4) is 0 Å². The summed E-state index contributed by atoms with van der Waals surface area (Å²) in [6, 6.07) is 3.58. The minimum atomic E-state index is -0.684. The van der Waals surface area contributed by atoms with Crippen molar-refractivity contribution in [2.45, 2.75) is 32.1 Å². The molecule has 98 valence electrons. The number of rotatable bonds is 3. The molecule has 4 heteroatoms. The molecule has 0 atom stereocenters. The summed E-state index contributed by atoms with van der Waals surface area (Å²) in [6.07, 6.45) is 5.98. The van der Waals surface area contributed by atoms with Crippen molar-refractivity contribution in [1.29, 1.82) is 0 Å². The van der Waals surface area contributed by atoms with E-state index in [1.807, 2.05) is 0 Å². The monoisotopic (exact) mass is 251 g/mol. The molecule has 0 aliphatic heterocycles. The molecule has 0 spiro atoms. The fourth-order valence-corrected chi connectivity index (χ4v) is 2.41. The van der Waals surface area contributed by atoms with Crippen LogP contribution in [0.15, 0.2) is 18.2 Å². The van der Waals surface area contributed by atoms with E-state index >= 15 is 0 Å². The highest BCUT2D eigenvalue weighted by Crippen LogP contribution is 2.23. The van der Waals surface area contributed by atoms with Crippen LogP contribution in [0.25, 0.3) is 0 Å². The molecule has 1 saturated carbocycles. The van der Waals surface area contributed by atoms with E-state index in [1.54, 1.807) is 0 Å². The Labute approximate surface area is 106 Å². The predicted octanol–water partition coefficient (Wildman–Crippen LogP) is 2.84. The molecule has 1 aromatic carbocycles. The Kier molecular flexibility index (Phi) is 4.18. The van der Waals surface area contributed by atoms with E-state index in [1.165, 1.54) is 31.4 Å². The number of halogens is 1. The first-order chi connectivity index (χ1) is 8.66. The molecule has 1 aliphatic carbocycles. The van der Waals surface area contributed by atoms with Gasteiger partial charge in [-0.05, 0) is 30.9 Å². The number of carbonyl (C=O) groups is 1. The second-order valence-corrected chi connectivity index (χ2v) is 4.88. The van der Waals surface area contributed by atoms with E-state index in [0.717, 1.165) is 18.9 Å². The van der Waals surface area contributed by atoms with E-state index < -0.39 is 11.7 Å². The van der Waals surface area contributed by atoms with Crippen LogP contribution >= 0.6 is 0 Å². The van der Waals surface area contributed by atoms with E-state index in [4.69, 9.17) is 5.11 Å². The summed E-state index contributed by atoms with van der Waals surface area (Å²) >= 11 is 0. The quantitative estimate of drug-likeness (QED) is 0.867. The lowest BCUT2D eigenvalue weighted by molar-refractivity contribution is 0.0939. The highest BCUT2D eigenvalue weighted by molar-refractivity contribution is 5.94. The van der Waals surface area contributed by atoms with E-state index in [-0.39, 0.29) is 11.3 Å². The third-order valence-corrected chi connectivity index (χ3v) is 3.47. The lowest BCUT2D eigenvalue weighted by Gasteiger charge is -2.21. The van der Waals surface area contributed by atoms with Gasteiger partial charge in [0.05, 0.1) is 5.56 Å². The van der Waals surface area contributed by atoms with E-state index in [0.29, 0.717) is 12.5 Å². The maximum atomic E-state index is 13.4.